The smallest absolute Gasteiger partial charge is 0.242 e. The van der Waals surface area contributed by atoms with Crippen molar-refractivity contribution >= 4 is 5.91 Å². The molecule has 1 aromatic carbocycles. The predicted molar refractivity (Wildman–Crippen MR) is 84.3 cm³/mol. The summed E-state index contributed by atoms with van der Waals surface area (Å²) in [5.74, 6) is 0.941. The van der Waals surface area contributed by atoms with Crippen LogP contribution in [0, 0.1) is 0 Å². The van der Waals surface area contributed by atoms with Crippen molar-refractivity contribution < 1.29 is 9.53 Å². The molecule has 0 spiro atoms. The topological polar surface area (TPSA) is 55.6 Å². The van der Waals surface area contributed by atoms with E-state index in [9.17, 15) is 4.79 Å². The number of methoxy groups -OCH3 is 1. The number of carbonyl (C=O) groups is 1. The van der Waals surface area contributed by atoms with E-state index in [-0.39, 0.29) is 11.9 Å². The van der Waals surface area contributed by atoms with Crippen LogP contribution in [0.1, 0.15) is 38.2 Å². The van der Waals surface area contributed by atoms with E-state index in [4.69, 9.17) is 10.5 Å². The van der Waals surface area contributed by atoms with Gasteiger partial charge in [0.25, 0.3) is 0 Å². The van der Waals surface area contributed by atoms with E-state index in [1.807, 2.05) is 31.3 Å². The molecule has 1 unspecified atom stereocenters. The number of hydrogen-bond donors (Lipinski definition) is 1. The molecular weight excluding hydrogens is 264 g/mol. The Morgan fingerprint density at radius 3 is 2.62 bits per heavy atom. The summed E-state index contributed by atoms with van der Waals surface area (Å²) in [6, 6.07) is 8.03. The first-order valence-electron chi connectivity index (χ1n) is 7.66. The third-order valence-electron chi connectivity index (χ3n) is 4.61. The van der Waals surface area contributed by atoms with Crippen LogP contribution < -0.4 is 10.5 Å². The van der Waals surface area contributed by atoms with E-state index in [1.54, 1.807) is 12.0 Å². The average Bonchev–Trinajstić information content (AvgIpc) is 2.94. The van der Waals surface area contributed by atoms with Crippen LogP contribution >= 0.6 is 0 Å². The van der Waals surface area contributed by atoms with Crippen molar-refractivity contribution in [2.75, 3.05) is 14.2 Å². The van der Waals surface area contributed by atoms with Crippen molar-refractivity contribution in [1.29, 1.82) is 0 Å². The van der Waals surface area contributed by atoms with E-state index in [2.05, 4.69) is 6.92 Å². The number of amides is 1. The van der Waals surface area contributed by atoms with Gasteiger partial charge >= 0.3 is 0 Å². The zero-order valence-electron chi connectivity index (χ0n) is 13.3. The van der Waals surface area contributed by atoms with Crippen molar-refractivity contribution in [2.24, 2.45) is 5.73 Å². The highest BCUT2D eigenvalue weighted by atomic mass is 16.5. The molecule has 4 heteroatoms. The fourth-order valence-electron chi connectivity index (χ4n) is 3.10. The molecule has 1 aliphatic rings. The number of rotatable bonds is 5. The van der Waals surface area contributed by atoms with E-state index in [0.717, 1.165) is 43.4 Å². The quantitative estimate of drug-likeness (QED) is 0.905. The van der Waals surface area contributed by atoms with Crippen LogP contribution in [-0.2, 0) is 11.2 Å². The highest BCUT2D eigenvalue weighted by Crippen LogP contribution is 2.30. The molecule has 0 aliphatic heterocycles. The van der Waals surface area contributed by atoms with Crippen molar-refractivity contribution in [2.45, 2.75) is 50.6 Å². The van der Waals surface area contributed by atoms with Gasteiger partial charge in [0.1, 0.15) is 5.75 Å². The molecule has 0 heterocycles. The second-order valence-electron chi connectivity index (χ2n) is 6.14. The highest BCUT2D eigenvalue weighted by molar-refractivity contribution is 5.86. The van der Waals surface area contributed by atoms with E-state index in [1.165, 1.54) is 0 Å². The summed E-state index contributed by atoms with van der Waals surface area (Å²) >= 11 is 0. The number of nitrogens with two attached hydrogens (primary N) is 1. The fourth-order valence-corrected chi connectivity index (χ4v) is 3.10. The molecule has 0 bridgehead atoms. The maximum absolute atomic E-state index is 12.6. The number of benzene rings is 1. The van der Waals surface area contributed by atoms with Crippen LogP contribution in [0.3, 0.4) is 0 Å². The number of hydrogen-bond acceptors (Lipinski definition) is 3. The Hall–Kier alpha value is -1.55. The molecule has 0 radical (unpaired) electrons. The largest absolute Gasteiger partial charge is 0.496 e. The second-order valence-corrected chi connectivity index (χ2v) is 6.14. The predicted octanol–water partition coefficient (Wildman–Crippen LogP) is 2.36. The van der Waals surface area contributed by atoms with Gasteiger partial charge in [0.05, 0.1) is 12.6 Å². The van der Waals surface area contributed by atoms with Crippen molar-refractivity contribution in [1.82, 2.24) is 4.90 Å². The third kappa shape index (κ3) is 3.38. The summed E-state index contributed by atoms with van der Waals surface area (Å²) in [7, 11) is 3.53. The molecule has 1 atom stereocenters. The Labute approximate surface area is 127 Å². The van der Waals surface area contributed by atoms with Gasteiger partial charge in [-0.3, -0.25) is 4.79 Å². The molecule has 1 saturated carbocycles. The second kappa shape index (κ2) is 6.48. The first kappa shape index (κ1) is 15.8. The molecule has 2 rings (SSSR count). The molecule has 116 valence electrons. The Bertz CT molecular complexity index is 495. The molecule has 1 aromatic rings. The fraction of sp³-hybridized carbons (Fsp3) is 0.588. The van der Waals surface area contributed by atoms with Crippen LogP contribution in [0.15, 0.2) is 24.3 Å². The molecule has 1 fully saturated rings. The number of carbonyl (C=O) groups excluding carboxylic acids is 1. The first-order valence-corrected chi connectivity index (χ1v) is 7.66. The van der Waals surface area contributed by atoms with E-state index in [0.29, 0.717) is 0 Å². The zero-order valence-corrected chi connectivity index (χ0v) is 13.3. The molecule has 0 aromatic heterocycles. The zero-order chi connectivity index (χ0) is 15.5. The summed E-state index contributed by atoms with van der Waals surface area (Å²) in [5.41, 5.74) is 6.74. The van der Waals surface area contributed by atoms with Gasteiger partial charge < -0.3 is 15.4 Å². The molecule has 2 N–H and O–H groups in total. The lowest BCUT2D eigenvalue weighted by molar-refractivity contribution is -0.137. The highest BCUT2D eigenvalue weighted by Gasteiger charge is 2.39. The number of likely N-dealkylation sites (N-methyl/N-ethyl adjacent to an activating group) is 1. The maximum atomic E-state index is 12.6. The minimum atomic E-state index is -0.649. The van der Waals surface area contributed by atoms with E-state index >= 15 is 0 Å². The summed E-state index contributed by atoms with van der Waals surface area (Å²) in [4.78, 5) is 14.4. The van der Waals surface area contributed by atoms with Crippen LogP contribution in [0.25, 0.3) is 0 Å². The van der Waals surface area contributed by atoms with Gasteiger partial charge in [-0.15, -0.1) is 0 Å². The Morgan fingerprint density at radius 1 is 1.38 bits per heavy atom. The first-order chi connectivity index (χ1) is 9.98. The molecule has 4 nitrogen and oxygen atoms in total. The average molecular weight is 290 g/mol. The van der Waals surface area contributed by atoms with Crippen LogP contribution in [0.4, 0.5) is 0 Å². The lowest BCUT2D eigenvalue weighted by Gasteiger charge is -2.33. The summed E-state index contributed by atoms with van der Waals surface area (Å²) in [5, 5.41) is 0. The lowest BCUT2D eigenvalue weighted by atomic mass is 9.95. The van der Waals surface area contributed by atoms with Gasteiger partial charge in [0.2, 0.25) is 5.91 Å². The molecule has 1 aliphatic carbocycles. The van der Waals surface area contributed by atoms with Gasteiger partial charge in [-0.05, 0) is 37.8 Å². The third-order valence-corrected chi connectivity index (χ3v) is 4.61. The number of ether oxygens (including phenoxy) is 1. The van der Waals surface area contributed by atoms with Crippen LogP contribution in [0.2, 0.25) is 0 Å². The monoisotopic (exact) mass is 290 g/mol. The normalized spacial score (nSPS) is 18.3. The Balaban J connectivity index is 2.05. The Kier molecular flexibility index (Phi) is 4.88. The van der Waals surface area contributed by atoms with Gasteiger partial charge in [-0.25, -0.2) is 0 Å². The molecule has 1 amide bonds. The Morgan fingerprint density at radius 2 is 2.00 bits per heavy atom. The van der Waals surface area contributed by atoms with Crippen molar-refractivity contribution in [3.05, 3.63) is 29.8 Å². The van der Waals surface area contributed by atoms with E-state index < -0.39 is 5.54 Å². The molecule has 0 saturated heterocycles. The summed E-state index contributed by atoms with van der Waals surface area (Å²) in [6.45, 7) is 2.06. The van der Waals surface area contributed by atoms with Crippen molar-refractivity contribution in [3.8, 4) is 5.75 Å². The van der Waals surface area contributed by atoms with Gasteiger partial charge in [-0.2, -0.15) is 0 Å². The number of para-hydroxylation sites is 1. The van der Waals surface area contributed by atoms with Gasteiger partial charge in [0, 0.05) is 13.1 Å². The van der Waals surface area contributed by atoms with Gasteiger partial charge in [-0.1, -0.05) is 31.0 Å². The SMILES string of the molecule is COc1ccccc1CC(C)N(C)C(=O)C1(N)CCCC1. The van der Waals surface area contributed by atoms with Crippen molar-refractivity contribution in [3.63, 3.8) is 0 Å². The maximum Gasteiger partial charge on any atom is 0.242 e. The van der Waals surface area contributed by atoms with Crippen LogP contribution in [-0.4, -0.2) is 36.5 Å². The summed E-state index contributed by atoms with van der Waals surface area (Å²) < 4.78 is 5.38. The molecule has 21 heavy (non-hydrogen) atoms. The lowest BCUT2D eigenvalue weighted by Crippen LogP contribution is -2.54. The standard InChI is InChI=1S/C17H26N2O2/c1-13(12-14-8-4-5-9-15(14)21-3)19(2)16(20)17(18)10-6-7-11-17/h4-5,8-9,13H,6-7,10-12,18H2,1-3H3. The minimum absolute atomic E-state index is 0.0717. The summed E-state index contributed by atoms with van der Waals surface area (Å²) in [6.07, 6.45) is 4.48. The number of nitrogens with zero attached hydrogens (tertiary/aromatic N) is 1. The molecular formula is C17H26N2O2. The van der Waals surface area contributed by atoms with Gasteiger partial charge in [0.15, 0.2) is 0 Å². The van der Waals surface area contributed by atoms with Crippen LogP contribution in [0.5, 0.6) is 5.75 Å². The minimum Gasteiger partial charge on any atom is -0.496 e.